The number of alkyl halides is 2. The largest absolute Gasteiger partial charge is 0.495 e. The molecule has 0 rings (SSSR count). The van der Waals surface area contributed by atoms with E-state index in [0.717, 1.165) is 13.2 Å². The van der Waals surface area contributed by atoms with E-state index in [9.17, 15) is 13.6 Å². The normalized spacial score (nSPS) is 11.9. The number of carbonyl (C=O) groups is 1. The van der Waals surface area contributed by atoms with Crippen molar-refractivity contribution in [1.82, 2.24) is 0 Å². The van der Waals surface area contributed by atoms with Gasteiger partial charge in [0.1, 0.15) is 0 Å². The van der Waals surface area contributed by atoms with Crippen LogP contribution in [0.4, 0.5) is 8.78 Å². The van der Waals surface area contributed by atoms with Gasteiger partial charge >= 0.3 is 0 Å². The lowest BCUT2D eigenvalue weighted by atomic mass is 10.3. The highest BCUT2D eigenvalue weighted by Crippen LogP contribution is 2.08. The molecule has 0 bridgehead atoms. The zero-order valence-corrected chi connectivity index (χ0v) is 5.73. The van der Waals surface area contributed by atoms with E-state index >= 15 is 0 Å². The van der Waals surface area contributed by atoms with Gasteiger partial charge in [-0.25, -0.2) is 8.78 Å². The van der Waals surface area contributed by atoms with Gasteiger partial charge in [0.2, 0.25) is 0 Å². The summed E-state index contributed by atoms with van der Waals surface area (Å²) < 4.78 is 27.6. The summed E-state index contributed by atoms with van der Waals surface area (Å²) in [5.41, 5.74) is 0. The molecule has 0 aromatic rings. The van der Waals surface area contributed by atoms with Crippen molar-refractivity contribution < 1.29 is 18.3 Å². The van der Waals surface area contributed by atoms with Gasteiger partial charge in [-0.1, -0.05) is 0 Å². The molecular weight excluding hydrogens is 142 g/mol. The fourth-order valence-corrected chi connectivity index (χ4v) is 0.411. The SMILES string of the molecule is CO/C(=C\C(C)=O)C(F)F. The Kier molecular flexibility index (Phi) is 3.61. The van der Waals surface area contributed by atoms with E-state index in [1.54, 1.807) is 0 Å². The Bertz CT molecular complexity index is 152. The summed E-state index contributed by atoms with van der Waals surface area (Å²) in [6.45, 7) is 1.18. The topological polar surface area (TPSA) is 26.3 Å². The average molecular weight is 150 g/mol. The van der Waals surface area contributed by atoms with Crippen LogP contribution in [0.25, 0.3) is 0 Å². The first-order chi connectivity index (χ1) is 4.57. The molecule has 0 fully saturated rings. The Morgan fingerprint density at radius 1 is 1.60 bits per heavy atom. The van der Waals surface area contributed by atoms with Gasteiger partial charge < -0.3 is 4.74 Å². The fraction of sp³-hybridized carbons (Fsp3) is 0.500. The maximum absolute atomic E-state index is 11.7. The molecule has 0 aromatic heterocycles. The second-order valence-corrected chi connectivity index (χ2v) is 1.66. The van der Waals surface area contributed by atoms with E-state index in [2.05, 4.69) is 4.74 Å². The number of halogens is 2. The van der Waals surface area contributed by atoms with Crippen molar-refractivity contribution in [3.63, 3.8) is 0 Å². The monoisotopic (exact) mass is 150 g/mol. The number of ketones is 1. The molecule has 0 heterocycles. The maximum Gasteiger partial charge on any atom is 0.294 e. The zero-order chi connectivity index (χ0) is 8.15. The molecule has 58 valence electrons. The molecule has 0 radical (unpaired) electrons. The first-order valence-corrected chi connectivity index (χ1v) is 2.62. The van der Waals surface area contributed by atoms with Gasteiger partial charge in [0.25, 0.3) is 6.43 Å². The number of allylic oxidation sites excluding steroid dienone is 2. The van der Waals surface area contributed by atoms with E-state index in [1.807, 2.05) is 0 Å². The first kappa shape index (κ1) is 9.07. The van der Waals surface area contributed by atoms with E-state index in [-0.39, 0.29) is 0 Å². The van der Waals surface area contributed by atoms with Gasteiger partial charge in [-0.15, -0.1) is 0 Å². The minimum Gasteiger partial charge on any atom is -0.495 e. The molecule has 4 heteroatoms. The Hall–Kier alpha value is -0.930. The van der Waals surface area contributed by atoms with Crippen molar-refractivity contribution in [3.8, 4) is 0 Å². The Balaban J connectivity index is 4.18. The molecule has 2 nitrogen and oxygen atoms in total. The summed E-state index contributed by atoms with van der Waals surface area (Å²) in [5.74, 6) is -1.04. The van der Waals surface area contributed by atoms with Crippen molar-refractivity contribution in [1.29, 1.82) is 0 Å². The van der Waals surface area contributed by atoms with Crippen LogP contribution in [0.15, 0.2) is 11.8 Å². The summed E-state index contributed by atoms with van der Waals surface area (Å²) in [6, 6.07) is 0. The zero-order valence-electron chi connectivity index (χ0n) is 5.73. The van der Waals surface area contributed by atoms with Crippen molar-refractivity contribution in [2.45, 2.75) is 13.3 Å². The number of hydrogen-bond acceptors (Lipinski definition) is 2. The summed E-state index contributed by atoms with van der Waals surface area (Å²) >= 11 is 0. The van der Waals surface area contributed by atoms with Gasteiger partial charge in [-0.3, -0.25) is 4.79 Å². The highest BCUT2D eigenvalue weighted by molar-refractivity contribution is 5.87. The van der Waals surface area contributed by atoms with Crippen LogP contribution in [-0.2, 0) is 9.53 Å². The van der Waals surface area contributed by atoms with Crippen LogP contribution in [-0.4, -0.2) is 19.3 Å². The summed E-state index contributed by atoms with van der Waals surface area (Å²) in [5, 5.41) is 0. The van der Waals surface area contributed by atoms with Crippen molar-refractivity contribution in [3.05, 3.63) is 11.8 Å². The van der Waals surface area contributed by atoms with E-state index in [4.69, 9.17) is 0 Å². The van der Waals surface area contributed by atoms with Gasteiger partial charge in [-0.05, 0) is 6.92 Å². The molecule has 0 unspecified atom stereocenters. The number of rotatable bonds is 3. The molecule has 10 heavy (non-hydrogen) atoms. The molecule has 0 atom stereocenters. The van der Waals surface area contributed by atoms with Crippen LogP contribution in [0.5, 0.6) is 0 Å². The van der Waals surface area contributed by atoms with Gasteiger partial charge in [0.05, 0.1) is 7.11 Å². The molecule has 0 aliphatic rings. The summed E-state index contributed by atoms with van der Waals surface area (Å²) in [6.07, 6.45) is -1.95. The standard InChI is InChI=1S/C6H8F2O2/c1-4(9)3-5(10-2)6(7)8/h3,6H,1-2H3/b5-3-. The highest BCUT2D eigenvalue weighted by atomic mass is 19.3. The van der Waals surface area contributed by atoms with Crippen LogP contribution < -0.4 is 0 Å². The van der Waals surface area contributed by atoms with Crippen molar-refractivity contribution in [2.75, 3.05) is 7.11 Å². The van der Waals surface area contributed by atoms with E-state index in [0.29, 0.717) is 0 Å². The lowest BCUT2D eigenvalue weighted by Crippen LogP contribution is -2.01. The quantitative estimate of drug-likeness (QED) is 0.448. The molecular formula is C6H8F2O2. The van der Waals surface area contributed by atoms with Gasteiger partial charge in [-0.2, -0.15) is 0 Å². The Labute approximate surface area is 57.5 Å². The number of ether oxygens (including phenoxy) is 1. The van der Waals surface area contributed by atoms with Crippen LogP contribution >= 0.6 is 0 Å². The summed E-state index contributed by atoms with van der Waals surface area (Å²) in [4.78, 5) is 10.2. The van der Waals surface area contributed by atoms with Crippen LogP contribution in [0.3, 0.4) is 0 Å². The minimum atomic E-state index is -2.71. The van der Waals surface area contributed by atoms with E-state index in [1.165, 1.54) is 6.92 Å². The Morgan fingerprint density at radius 3 is 2.20 bits per heavy atom. The number of methoxy groups -OCH3 is 1. The first-order valence-electron chi connectivity index (χ1n) is 2.62. The molecule has 0 saturated heterocycles. The second-order valence-electron chi connectivity index (χ2n) is 1.66. The lowest BCUT2D eigenvalue weighted by molar-refractivity contribution is -0.113. The number of carbonyl (C=O) groups excluding carboxylic acids is 1. The van der Waals surface area contributed by atoms with Crippen molar-refractivity contribution >= 4 is 5.78 Å². The smallest absolute Gasteiger partial charge is 0.294 e. The summed E-state index contributed by atoms with van der Waals surface area (Å²) in [7, 11) is 1.10. The predicted molar refractivity (Wildman–Crippen MR) is 31.8 cm³/mol. The molecule has 0 N–H and O–H groups in total. The third-order valence-electron chi connectivity index (χ3n) is 0.796. The average Bonchev–Trinajstić information content (AvgIpc) is 1.81. The molecule has 0 spiro atoms. The van der Waals surface area contributed by atoms with Gasteiger partial charge in [0.15, 0.2) is 11.5 Å². The molecule has 0 aromatic carbocycles. The predicted octanol–water partition coefficient (Wildman–Crippen LogP) is 1.37. The van der Waals surface area contributed by atoms with E-state index < -0.39 is 18.0 Å². The second kappa shape index (κ2) is 3.98. The molecule has 0 saturated carbocycles. The van der Waals surface area contributed by atoms with Crippen LogP contribution in [0.1, 0.15) is 6.92 Å². The fourth-order valence-electron chi connectivity index (χ4n) is 0.411. The Morgan fingerprint density at radius 2 is 2.10 bits per heavy atom. The maximum atomic E-state index is 11.7. The van der Waals surface area contributed by atoms with Gasteiger partial charge in [0, 0.05) is 6.08 Å². The molecule has 0 aliphatic carbocycles. The van der Waals surface area contributed by atoms with Crippen LogP contribution in [0.2, 0.25) is 0 Å². The third-order valence-corrected chi connectivity index (χ3v) is 0.796. The number of hydrogen-bond donors (Lipinski definition) is 0. The third kappa shape index (κ3) is 3.17. The lowest BCUT2D eigenvalue weighted by Gasteiger charge is -2.01. The minimum absolute atomic E-state index is 0.447. The molecule has 0 aliphatic heterocycles. The van der Waals surface area contributed by atoms with Crippen molar-refractivity contribution in [2.24, 2.45) is 0 Å². The molecule has 0 amide bonds. The van der Waals surface area contributed by atoms with Crippen LogP contribution in [0, 0.1) is 0 Å². The highest BCUT2D eigenvalue weighted by Gasteiger charge is 2.10.